The number of esters is 2. The number of allylic oxidation sites excluding steroid dienone is 1. The SMILES string of the molecule is COC(=O)[C@@]12CC[C@H]([C@H](C)CCCC(C)C)[C@@]1(C)CC[C@H]1C2=CC[C@H]2C(C)(C)[C@@H](OC(C)=O)CC[C@]12C. The molecule has 0 aromatic heterocycles. The summed E-state index contributed by atoms with van der Waals surface area (Å²) in [6.07, 6.45) is 13.4. The molecule has 0 aromatic rings. The maximum Gasteiger partial charge on any atom is 0.316 e. The summed E-state index contributed by atoms with van der Waals surface area (Å²) >= 11 is 0. The lowest BCUT2D eigenvalue weighted by molar-refractivity contribution is -0.180. The van der Waals surface area contributed by atoms with Crippen LogP contribution in [0.5, 0.6) is 0 Å². The first-order chi connectivity index (χ1) is 17.3. The van der Waals surface area contributed by atoms with E-state index >= 15 is 0 Å². The molecule has 0 radical (unpaired) electrons. The predicted molar refractivity (Wildman–Crippen MR) is 149 cm³/mol. The second kappa shape index (κ2) is 10.0. The molecule has 3 saturated carbocycles. The molecule has 4 aliphatic carbocycles. The molecule has 0 N–H and O–H groups in total. The summed E-state index contributed by atoms with van der Waals surface area (Å²) in [5.41, 5.74) is 0.876. The van der Waals surface area contributed by atoms with Crippen molar-refractivity contribution < 1.29 is 19.1 Å². The van der Waals surface area contributed by atoms with E-state index < -0.39 is 5.41 Å². The second-order valence-corrected chi connectivity index (χ2v) is 14.8. The van der Waals surface area contributed by atoms with Crippen LogP contribution < -0.4 is 0 Å². The lowest BCUT2D eigenvalue weighted by Crippen LogP contribution is -2.60. The Labute approximate surface area is 226 Å². The summed E-state index contributed by atoms with van der Waals surface area (Å²) < 4.78 is 11.5. The third-order valence-corrected chi connectivity index (χ3v) is 12.3. The van der Waals surface area contributed by atoms with E-state index in [1.807, 2.05) is 0 Å². The van der Waals surface area contributed by atoms with Crippen molar-refractivity contribution in [2.45, 2.75) is 126 Å². The zero-order valence-electron chi connectivity index (χ0n) is 25.2. The maximum absolute atomic E-state index is 13.9. The molecule has 4 rings (SSSR count). The first-order valence-electron chi connectivity index (χ1n) is 15.2. The Morgan fingerprint density at radius 2 is 1.70 bits per heavy atom. The van der Waals surface area contributed by atoms with Crippen LogP contribution in [0.2, 0.25) is 0 Å². The van der Waals surface area contributed by atoms with Gasteiger partial charge in [-0.25, -0.2) is 0 Å². The van der Waals surface area contributed by atoms with Gasteiger partial charge in [-0.15, -0.1) is 0 Å². The summed E-state index contributed by atoms with van der Waals surface area (Å²) in [5, 5.41) is 0. The number of fused-ring (bicyclic) bond motifs is 5. The molecule has 0 bridgehead atoms. The highest BCUT2D eigenvalue weighted by Gasteiger charge is 2.70. The lowest BCUT2D eigenvalue weighted by Gasteiger charge is -2.64. The van der Waals surface area contributed by atoms with Gasteiger partial charge < -0.3 is 9.47 Å². The smallest absolute Gasteiger partial charge is 0.316 e. The van der Waals surface area contributed by atoms with Crippen molar-refractivity contribution in [3.8, 4) is 0 Å². The third-order valence-electron chi connectivity index (χ3n) is 12.3. The Bertz CT molecular complexity index is 917. The fraction of sp³-hybridized carbons (Fsp3) is 0.879. The van der Waals surface area contributed by atoms with E-state index in [0.29, 0.717) is 23.7 Å². The van der Waals surface area contributed by atoms with Crippen molar-refractivity contribution in [2.75, 3.05) is 7.11 Å². The molecule has 4 nitrogen and oxygen atoms in total. The molecule has 210 valence electrons. The van der Waals surface area contributed by atoms with E-state index in [-0.39, 0.29) is 34.3 Å². The quantitative estimate of drug-likeness (QED) is 0.254. The van der Waals surface area contributed by atoms with Gasteiger partial charge in [0.15, 0.2) is 0 Å². The van der Waals surface area contributed by atoms with Crippen LogP contribution in [0.1, 0.15) is 120 Å². The summed E-state index contributed by atoms with van der Waals surface area (Å²) in [7, 11) is 1.60. The molecule has 0 spiro atoms. The molecule has 0 heterocycles. The van der Waals surface area contributed by atoms with Crippen molar-refractivity contribution in [1.29, 1.82) is 0 Å². The van der Waals surface area contributed by atoms with Crippen LogP contribution in [-0.4, -0.2) is 25.2 Å². The minimum atomic E-state index is -0.494. The van der Waals surface area contributed by atoms with Gasteiger partial charge >= 0.3 is 11.9 Å². The van der Waals surface area contributed by atoms with Crippen LogP contribution in [0.15, 0.2) is 11.6 Å². The highest BCUT2D eigenvalue weighted by molar-refractivity contribution is 5.83. The van der Waals surface area contributed by atoms with Crippen molar-refractivity contribution in [3.05, 3.63) is 11.6 Å². The van der Waals surface area contributed by atoms with E-state index in [4.69, 9.17) is 9.47 Å². The van der Waals surface area contributed by atoms with Crippen LogP contribution in [0.4, 0.5) is 0 Å². The molecule has 0 amide bonds. The third kappa shape index (κ3) is 4.31. The zero-order chi connectivity index (χ0) is 27.4. The minimum Gasteiger partial charge on any atom is -0.468 e. The topological polar surface area (TPSA) is 52.6 Å². The van der Waals surface area contributed by atoms with Crippen LogP contribution >= 0.6 is 0 Å². The molecule has 8 atom stereocenters. The molecular weight excluding hydrogens is 460 g/mol. The summed E-state index contributed by atoms with van der Waals surface area (Å²) in [4.78, 5) is 25.8. The Morgan fingerprint density at radius 3 is 2.32 bits per heavy atom. The van der Waals surface area contributed by atoms with Crippen molar-refractivity contribution >= 4 is 11.9 Å². The number of carbonyl (C=O) groups excluding carboxylic acids is 2. The van der Waals surface area contributed by atoms with Gasteiger partial charge in [-0.1, -0.05) is 79.4 Å². The van der Waals surface area contributed by atoms with Gasteiger partial charge in [-0.2, -0.15) is 0 Å². The van der Waals surface area contributed by atoms with E-state index in [9.17, 15) is 9.59 Å². The van der Waals surface area contributed by atoms with Gasteiger partial charge in [0.2, 0.25) is 0 Å². The lowest BCUT2D eigenvalue weighted by atomic mass is 9.40. The highest BCUT2D eigenvalue weighted by Crippen LogP contribution is 2.74. The van der Waals surface area contributed by atoms with Gasteiger partial charge in [0, 0.05) is 12.3 Å². The Morgan fingerprint density at radius 1 is 1.00 bits per heavy atom. The number of rotatable bonds is 7. The Balaban J connectivity index is 1.70. The van der Waals surface area contributed by atoms with Crippen LogP contribution in [0.3, 0.4) is 0 Å². The van der Waals surface area contributed by atoms with Crippen molar-refractivity contribution in [3.63, 3.8) is 0 Å². The zero-order valence-corrected chi connectivity index (χ0v) is 25.2. The van der Waals surface area contributed by atoms with E-state index in [1.54, 1.807) is 7.11 Å². The Kier molecular flexibility index (Phi) is 7.76. The number of hydrogen-bond donors (Lipinski definition) is 0. The first-order valence-corrected chi connectivity index (χ1v) is 15.2. The minimum absolute atomic E-state index is 0.0118. The maximum atomic E-state index is 13.9. The van der Waals surface area contributed by atoms with Gasteiger partial charge in [-0.05, 0) is 85.4 Å². The van der Waals surface area contributed by atoms with E-state index in [1.165, 1.54) is 31.8 Å². The molecule has 0 unspecified atom stereocenters. The molecule has 0 saturated heterocycles. The molecular formula is C33H54O4. The highest BCUT2D eigenvalue weighted by atomic mass is 16.5. The second-order valence-electron chi connectivity index (χ2n) is 14.8. The molecule has 0 aliphatic heterocycles. The fourth-order valence-corrected chi connectivity index (χ4v) is 10.4. The average Bonchev–Trinajstić information content (AvgIpc) is 3.14. The summed E-state index contributed by atoms with van der Waals surface area (Å²) in [6.45, 7) is 18.1. The standard InChI is InChI=1S/C33H54O4/c1-21(2)11-10-12-22(3)24-16-20-33(29(35)36-9)26-13-14-27-30(5,6)28(37-23(4)34)17-18-31(27,7)25(26)15-19-32(24,33)8/h13,21-22,24-25,27-28H,10-12,14-20H2,1-9H3/t22-,24-,25+,27+,28+,31-,32-,33+/m1/s1. The van der Waals surface area contributed by atoms with E-state index in [0.717, 1.165) is 50.9 Å². The van der Waals surface area contributed by atoms with E-state index in [2.05, 4.69) is 54.5 Å². The van der Waals surface area contributed by atoms with Crippen LogP contribution in [-0.2, 0) is 19.1 Å². The number of methoxy groups -OCH3 is 1. The van der Waals surface area contributed by atoms with Crippen molar-refractivity contribution in [1.82, 2.24) is 0 Å². The monoisotopic (exact) mass is 514 g/mol. The average molecular weight is 515 g/mol. The van der Waals surface area contributed by atoms with Gasteiger partial charge in [0.1, 0.15) is 6.10 Å². The molecule has 4 aliphatic rings. The molecule has 0 aromatic carbocycles. The summed E-state index contributed by atoms with van der Waals surface area (Å²) in [5.74, 6) is 2.59. The fourth-order valence-electron chi connectivity index (χ4n) is 10.4. The van der Waals surface area contributed by atoms with Crippen LogP contribution in [0.25, 0.3) is 0 Å². The molecule has 4 heteroatoms. The number of hydrogen-bond acceptors (Lipinski definition) is 4. The largest absolute Gasteiger partial charge is 0.468 e. The van der Waals surface area contributed by atoms with Gasteiger partial charge in [0.05, 0.1) is 12.5 Å². The van der Waals surface area contributed by atoms with Crippen molar-refractivity contribution in [2.24, 2.45) is 51.2 Å². The van der Waals surface area contributed by atoms with Crippen LogP contribution in [0, 0.1) is 51.2 Å². The molecule has 37 heavy (non-hydrogen) atoms. The summed E-state index contributed by atoms with van der Waals surface area (Å²) in [6, 6.07) is 0. The van der Waals surface area contributed by atoms with Gasteiger partial charge in [-0.3, -0.25) is 9.59 Å². The predicted octanol–water partition coefficient (Wildman–Crippen LogP) is 8.14. The first kappa shape index (κ1) is 28.7. The normalized spacial score (nSPS) is 41.2. The molecule has 3 fully saturated rings. The van der Waals surface area contributed by atoms with Gasteiger partial charge in [0.25, 0.3) is 0 Å². The number of ether oxygens (including phenoxy) is 2. The number of carbonyl (C=O) groups is 2. The Hall–Kier alpha value is -1.32.